The van der Waals surface area contributed by atoms with Crippen LogP contribution >= 0.6 is 0 Å². The molecule has 0 aromatic heterocycles. The summed E-state index contributed by atoms with van der Waals surface area (Å²) >= 11 is 0. The minimum atomic E-state index is 0.312. The molecular formula is C46H83NO3. The number of nitrogens with zero attached hydrogens (tertiary/aromatic N) is 1. The highest BCUT2D eigenvalue weighted by Gasteiger charge is 2.59. The van der Waals surface area contributed by atoms with E-state index in [2.05, 4.69) is 78.8 Å². The first-order chi connectivity index (χ1) is 24.1. The molecule has 0 bridgehead atoms. The lowest BCUT2D eigenvalue weighted by Gasteiger charge is -2.58. The molecule has 290 valence electrons. The van der Waals surface area contributed by atoms with Gasteiger partial charge >= 0.3 is 0 Å². The molecule has 3 saturated carbocycles. The first-order valence-corrected chi connectivity index (χ1v) is 21.9. The highest BCUT2D eigenvalue weighted by molar-refractivity contribution is 5.25. The molecular weight excluding hydrogens is 615 g/mol. The van der Waals surface area contributed by atoms with Gasteiger partial charge in [0.15, 0.2) is 0 Å². The number of likely N-dealkylation sites (N-methyl/N-ethyl adjacent to an activating group) is 1. The van der Waals surface area contributed by atoms with Crippen LogP contribution in [0.15, 0.2) is 23.8 Å². The van der Waals surface area contributed by atoms with Crippen molar-refractivity contribution < 1.29 is 14.2 Å². The van der Waals surface area contributed by atoms with Gasteiger partial charge in [0.2, 0.25) is 0 Å². The molecule has 4 heteroatoms. The van der Waals surface area contributed by atoms with Crippen LogP contribution in [-0.4, -0.2) is 64.2 Å². The predicted octanol–water partition coefficient (Wildman–Crippen LogP) is 12.1. The van der Waals surface area contributed by atoms with Gasteiger partial charge in [-0.3, -0.25) is 0 Å². The van der Waals surface area contributed by atoms with E-state index in [1.807, 2.05) is 0 Å². The standard InChI is InChI=1S/C46H83NO3/c1-9-10-11-12-13-14-15-16-30-48-34-39(47(7)8)35-49-31-17-18-32-50-40-26-28-45(5)38(33-40)22-23-41-43-25-24-42(37(4)21-19-20-36(2)3)46(43,6)29-27-44(41)45/h13-14,22,36-37,39-44H,9-12,15-21,23-35H2,1-8H3/b14-13-/t37-,39-,40+,41?,42-,43?,44?,45+,46-/m1/s1. The SMILES string of the molecule is CCCCC/C=C\CCCOC[C@H](COCCCCO[C@H]1CC[C@@]2(C)C(=CCC3C2CC[C@@]2(C)C3CC[C@@H]2[C@H](C)CCCC(C)C)C1)N(C)C. The van der Waals surface area contributed by atoms with Crippen molar-refractivity contribution in [1.29, 1.82) is 0 Å². The lowest BCUT2D eigenvalue weighted by molar-refractivity contribution is -0.0643. The van der Waals surface area contributed by atoms with E-state index in [9.17, 15) is 0 Å². The number of hydrogen-bond donors (Lipinski definition) is 0. The predicted molar refractivity (Wildman–Crippen MR) is 214 cm³/mol. The Morgan fingerprint density at radius 3 is 2.24 bits per heavy atom. The molecule has 4 nitrogen and oxygen atoms in total. The Hall–Kier alpha value is -0.680. The molecule has 0 amide bonds. The van der Waals surface area contributed by atoms with Crippen molar-refractivity contribution in [2.75, 3.05) is 47.1 Å². The quantitative estimate of drug-likeness (QED) is 0.0742. The third kappa shape index (κ3) is 11.7. The van der Waals surface area contributed by atoms with E-state index < -0.39 is 0 Å². The fourth-order valence-corrected chi connectivity index (χ4v) is 11.2. The van der Waals surface area contributed by atoms with Gasteiger partial charge in [-0.25, -0.2) is 0 Å². The average Bonchev–Trinajstić information content (AvgIpc) is 3.44. The first kappa shape index (κ1) is 42.1. The Bertz CT molecular complexity index is 1010. The molecule has 0 N–H and O–H groups in total. The van der Waals surface area contributed by atoms with Gasteiger partial charge in [-0.15, -0.1) is 0 Å². The Kier molecular flexibility index (Phi) is 17.9. The normalized spacial score (nSPS) is 32.3. The molecule has 4 rings (SSSR count). The monoisotopic (exact) mass is 698 g/mol. The third-order valence-electron chi connectivity index (χ3n) is 14.4. The van der Waals surface area contributed by atoms with E-state index in [1.54, 1.807) is 5.57 Å². The highest BCUT2D eigenvalue weighted by atomic mass is 16.5. The van der Waals surface area contributed by atoms with Gasteiger partial charge in [-0.2, -0.15) is 0 Å². The van der Waals surface area contributed by atoms with Crippen molar-refractivity contribution in [3.05, 3.63) is 23.8 Å². The zero-order valence-electron chi connectivity index (χ0n) is 34.5. The van der Waals surface area contributed by atoms with Crippen LogP contribution in [0, 0.1) is 46.3 Å². The zero-order valence-corrected chi connectivity index (χ0v) is 34.5. The summed E-state index contributed by atoms with van der Waals surface area (Å²) in [6, 6.07) is 0.312. The minimum Gasteiger partial charge on any atom is -0.380 e. The zero-order chi connectivity index (χ0) is 36.0. The molecule has 0 spiro atoms. The molecule has 3 unspecified atom stereocenters. The molecule has 0 aromatic carbocycles. The maximum atomic E-state index is 6.54. The lowest BCUT2D eigenvalue weighted by atomic mass is 9.47. The number of rotatable bonds is 24. The summed E-state index contributed by atoms with van der Waals surface area (Å²) in [6.07, 6.45) is 32.6. The second kappa shape index (κ2) is 21.3. The number of unbranched alkanes of at least 4 members (excludes halogenated alkanes) is 5. The molecule has 0 aliphatic heterocycles. The minimum absolute atomic E-state index is 0.312. The second-order valence-electron chi connectivity index (χ2n) is 18.6. The third-order valence-corrected chi connectivity index (χ3v) is 14.4. The molecule has 3 fully saturated rings. The number of fused-ring (bicyclic) bond motifs is 5. The van der Waals surface area contributed by atoms with Crippen LogP contribution in [-0.2, 0) is 14.2 Å². The van der Waals surface area contributed by atoms with Crippen LogP contribution < -0.4 is 0 Å². The molecule has 9 atom stereocenters. The molecule has 50 heavy (non-hydrogen) atoms. The van der Waals surface area contributed by atoms with Crippen molar-refractivity contribution in [3.8, 4) is 0 Å². The molecule has 0 heterocycles. The van der Waals surface area contributed by atoms with Crippen molar-refractivity contribution in [3.63, 3.8) is 0 Å². The topological polar surface area (TPSA) is 30.9 Å². The second-order valence-corrected chi connectivity index (χ2v) is 18.6. The summed E-state index contributed by atoms with van der Waals surface area (Å²) < 4.78 is 18.7. The molecule has 4 aliphatic carbocycles. The summed E-state index contributed by atoms with van der Waals surface area (Å²) in [6.45, 7) is 19.0. The highest BCUT2D eigenvalue weighted by Crippen LogP contribution is 2.67. The van der Waals surface area contributed by atoms with Gasteiger partial charge in [0, 0.05) is 19.8 Å². The average molecular weight is 698 g/mol. The van der Waals surface area contributed by atoms with E-state index in [1.165, 1.54) is 96.3 Å². The van der Waals surface area contributed by atoms with Crippen LogP contribution in [0.5, 0.6) is 0 Å². The van der Waals surface area contributed by atoms with Gasteiger partial charge < -0.3 is 19.1 Å². The van der Waals surface area contributed by atoms with E-state index in [4.69, 9.17) is 14.2 Å². The summed E-state index contributed by atoms with van der Waals surface area (Å²) in [5.74, 6) is 5.45. The van der Waals surface area contributed by atoms with Crippen LogP contribution in [0.4, 0.5) is 0 Å². The van der Waals surface area contributed by atoms with Gasteiger partial charge in [0.1, 0.15) is 0 Å². The smallest absolute Gasteiger partial charge is 0.0644 e. The Labute approximate surface area is 311 Å². The molecule has 0 saturated heterocycles. The summed E-state index contributed by atoms with van der Waals surface area (Å²) in [7, 11) is 4.27. The van der Waals surface area contributed by atoms with Gasteiger partial charge in [-0.1, -0.05) is 97.4 Å². The van der Waals surface area contributed by atoms with E-state index in [0.29, 0.717) is 23.0 Å². The Balaban J connectivity index is 1.10. The van der Waals surface area contributed by atoms with E-state index in [0.717, 1.165) is 94.2 Å². The fourth-order valence-electron chi connectivity index (χ4n) is 11.2. The van der Waals surface area contributed by atoms with Crippen LogP contribution in [0.1, 0.15) is 164 Å². The van der Waals surface area contributed by atoms with Crippen LogP contribution in [0.3, 0.4) is 0 Å². The Morgan fingerprint density at radius 2 is 1.52 bits per heavy atom. The first-order valence-electron chi connectivity index (χ1n) is 21.9. The number of hydrogen-bond acceptors (Lipinski definition) is 4. The van der Waals surface area contributed by atoms with Crippen molar-refractivity contribution in [2.45, 2.75) is 176 Å². The Morgan fingerprint density at radius 1 is 0.800 bits per heavy atom. The molecule has 0 radical (unpaired) electrons. The lowest BCUT2D eigenvalue weighted by Crippen LogP contribution is -2.51. The van der Waals surface area contributed by atoms with E-state index in [-0.39, 0.29) is 0 Å². The maximum absolute atomic E-state index is 6.54. The maximum Gasteiger partial charge on any atom is 0.0644 e. The van der Waals surface area contributed by atoms with Gasteiger partial charge in [0.25, 0.3) is 0 Å². The number of allylic oxidation sites excluding steroid dienone is 3. The van der Waals surface area contributed by atoms with Gasteiger partial charge in [-0.05, 0) is 150 Å². The molecule has 0 aromatic rings. The molecule has 4 aliphatic rings. The van der Waals surface area contributed by atoms with Crippen molar-refractivity contribution >= 4 is 0 Å². The summed E-state index contributed by atoms with van der Waals surface area (Å²) in [4.78, 5) is 2.24. The fraction of sp³-hybridized carbons (Fsp3) is 0.913. The van der Waals surface area contributed by atoms with Crippen LogP contribution in [0.2, 0.25) is 0 Å². The van der Waals surface area contributed by atoms with E-state index >= 15 is 0 Å². The number of ether oxygens (including phenoxy) is 3. The summed E-state index contributed by atoms with van der Waals surface area (Å²) in [5, 5.41) is 0. The van der Waals surface area contributed by atoms with Crippen LogP contribution in [0.25, 0.3) is 0 Å². The van der Waals surface area contributed by atoms with Crippen molar-refractivity contribution in [1.82, 2.24) is 4.90 Å². The largest absolute Gasteiger partial charge is 0.380 e. The van der Waals surface area contributed by atoms with Crippen molar-refractivity contribution in [2.24, 2.45) is 46.3 Å². The van der Waals surface area contributed by atoms with Gasteiger partial charge in [0.05, 0.1) is 25.4 Å². The summed E-state index contributed by atoms with van der Waals surface area (Å²) in [5.41, 5.74) is 2.75.